The second kappa shape index (κ2) is 6.33. The number of hydrogen-bond acceptors (Lipinski definition) is 2. The summed E-state index contributed by atoms with van der Waals surface area (Å²) < 4.78 is 0. The third-order valence-electron chi connectivity index (χ3n) is 3.30. The molecule has 108 valence electrons. The van der Waals surface area contributed by atoms with Crippen LogP contribution in [-0.4, -0.2) is 23.1 Å². The van der Waals surface area contributed by atoms with Crippen molar-refractivity contribution in [2.45, 2.75) is 25.3 Å². The number of benzene rings is 1. The van der Waals surface area contributed by atoms with Gasteiger partial charge in [0.25, 0.3) is 0 Å². The Balaban J connectivity index is 1.88. The molecule has 1 aromatic rings. The topological polar surface area (TPSA) is 78.4 Å². The van der Waals surface area contributed by atoms with Crippen molar-refractivity contribution in [2.24, 2.45) is 5.92 Å². The molecule has 1 fully saturated rings. The van der Waals surface area contributed by atoms with Crippen LogP contribution in [0.15, 0.2) is 18.2 Å². The summed E-state index contributed by atoms with van der Waals surface area (Å²) in [6, 6.07) is 4.25. The Kier molecular flexibility index (Phi) is 4.73. The van der Waals surface area contributed by atoms with E-state index in [0.29, 0.717) is 35.0 Å². The van der Waals surface area contributed by atoms with E-state index in [-0.39, 0.29) is 12.0 Å². The molecule has 5 nitrogen and oxygen atoms in total. The Bertz CT molecular complexity index is 536. The van der Waals surface area contributed by atoms with Crippen LogP contribution >= 0.6 is 23.2 Å². The predicted octanol–water partition coefficient (Wildman–Crippen LogP) is 3.37. The standard InChI is InChI=1S/C13H14Cl2N2O3/c14-8-2-4-11(10(15)6-8)17-13(20)16-9-3-1-7(5-9)12(18)19/h2,4,6-7,9H,1,3,5H2,(H,18,19)(H2,16,17,20). The molecule has 2 amide bonds. The lowest BCUT2D eigenvalue weighted by Crippen LogP contribution is -2.36. The maximum atomic E-state index is 11.8. The van der Waals surface area contributed by atoms with E-state index in [1.54, 1.807) is 12.1 Å². The van der Waals surface area contributed by atoms with Gasteiger partial charge in [-0.2, -0.15) is 0 Å². The molecule has 0 radical (unpaired) electrons. The number of hydrogen-bond donors (Lipinski definition) is 3. The zero-order chi connectivity index (χ0) is 14.7. The highest BCUT2D eigenvalue weighted by atomic mass is 35.5. The summed E-state index contributed by atoms with van der Waals surface area (Å²) in [6.45, 7) is 0. The highest BCUT2D eigenvalue weighted by molar-refractivity contribution is 6.36. The zero-order valence-corrected chi connectivity index (χ0v) is 12.0. The minimum Gasteiger partial charge on any atom is -0.481 e. The number of carbonyl (C=O) groups is 2. The first kappa shape index (κ1) is 14.9. The molecule has 2 rings (SSSR count). The van der Waals surface area contributed by atoms with Crippen LogP contribution in [0, 0.1) is 5.92 Å². The van der Waals surface area contributed by atoms with Crippen molar-refractivity contribution in [3.8, 4) is 0 Å². The van der Waals surface area contributed by atoms with Crippen LogP contribution in [0.1, 0.15) is 19.3 Å². The summed E-state index contributed by atoms with van der Waals surface area (Å²) in [5, 5.41) is 15.1. The molecule has 0 aromatic heterocycles. The van der Waals surface area contributed by atoms with Gasteiger partial charge in [-0.15, -0.1) is 0 Å². The summed E-state index contributed by atoms with van der Waals surface area (Å²) in [7, 11) is 0. The maximum Gasteiger partial charge on any atom is 0.319 e. The second-order valence-electron chi connectivity index (χ2n) is 4.77. The molecule has 0 spiro atoms. The fraction of sp³-hybridized carbons (Fsp3) is 0.385. The zero-order valence-electron chi connectivity index (χ0n) is 10.5. The summed E-state index contributed by atoms with van der Waals surface area (Å²) in [5.41, 5.74) is 0.460. The van der Waals surface area contributed by atoms with Crippen molar-refractivity contribution in [1.29, 1.82) is 0 Å². The highest BCUT2D eigenvalue weighted by Gasteiger charge is 2.30. The molecule has 0 saturated heterocycles. The van der Waals surface area contributed by atoms with Crippen molar-refractivity contribution < 1.29 is 14.7 Å². The number of urea groups is 1. The molecular weight excluding hydrogens is 303 g/mol. The second-order valence-corrected chi connectivity index (χ2v) is 5.61. The number of carboxylic acid groups (broad SMARTS) is 1. The van der Waals surface area contributed by atoms with Crippen LogP contribution < -0.4 is 10.6 Å². The molecule has 1 aromatic carbocycles. The summed E-state index contributed by atoms with van der Waals surface area (Å²) in [4.78, 5) is 22.7. The minimum atomic E-state index is -0.810. The molecule has 1 aliphatic rings. The Morgan fingerprint density at radius 2 is 2.00 bits per heavy atom. The fourth-order valence-electron chi connectivity index (χ4n) is 2.27. The average Bonchev–Trinajstić information content (AvgIpc) is 2.81. The van der Waals surface area contributed by atoms with E-state index in [9.17, 15) is 9.59 Å². The monoisotopic (exact) mass is 316 g/mol. The van der Waals surface area contributed by atoms with Crippen molar-refractivity contribution in [2.75, 3.05) is 5.32 Å². The van der Waals surface area contributed by atoms with Crippen molar-refractivity contribution in [1.82, 2.24) is 5.32 Å². The quantitative estimate of drug-likeness (QED) is 0.800. The van der Waals surface area contributed by atoms with Crippen LogP contribution in [-0.2, 0) is 4.79 Å². The molecule has 0 aliphatic heterocycles. The molecule has 1 saturated carbocycles. The third-order valence-corrected chi connectivity index (χ3v) is 3.84. The van der Waals surface area contributed by atoms with Crippen LogP contribution in [0.25, 0.3) is 0 Å². The molecule has 2 unspecified atom stereocenters. The average molecular weight is 317 g/mol. The van der Waals surface area contributed by atoms with Gasteiger partial charge in [-0.05, 0) is 37.5 Å². The minimum absolute atomic E-state index is 0.123. The van der Waals surface area contributed by atoms with Crippen LogP contribution in [0.4, 0.5) is 10.5 Å². The van der Waals surface area contributed by atoms with E-state index < -0.39 is 12.0 Å². The normalized spacial score (nSPS) is 21.5. The van der Waals surface area contributed by atoms with Gasteiger partial charge in [0.2, 0.25) is 0 Å². The van der Waals surface area contributed by atoms with Crippen LogP contribution in [0.3, 0.4) is 0 Å². The number of carboxylic acids is 1. The molecule has 20 heavy (non-hydrogen) atoms. The molecule has 2 atom stereocenters. The van der Waals surface area contributed by atoms with Gasteiger partial charge < -0.3 is 15.7 Å². The number of rotatable bonds is 3. The number of amides is 2. The van der Waals surface area contributed by atoms with E-state index in [1.165, 1.54) is 6.07 Å². The fourth-order valence-corrected chi connectivity index (χ4v) is 2.73. The lowest BCUT2D eigenvalue weighted by Gasteiger charge is -2.14. The summed E-state index contributed by atoms with van der Waals surface area (Å²) in [6.07, 6.45) is 1.71. The number of halogens is 2. The molecule has 0 heterocycles. The predicted molar refractivity (Wildman–Crippen MR) is 77.4 cm³/mol. The van der Waals surface area contributed by atoms with E-state index in [1.807, 2.05) is 0 Å². The Morgan fingerprint density at radius 1 is 1.25 bits per heavy atom. The first-order valence-electron chi connectivity index (χ1n) is 6.21. The number of anilines is 1. The van der Waals surface area contributed by atoms with Crippen LogP contribution in [0.5, 0.6) is 0 Å². The first-order valence-corrected chi connectivity index (χ1v) is 6.96. The van der Waals surface area contributed by atoms with Crippen molar-refractivity contribution in [3.05, 3.63) is 28.2 Å². The summed E-state index contributed by atoms with van der Waals surface area (Å²) in [5.74, 6) is -1.19. The van der Waals surface area contributed by atoms with Gasteiger partial charge in [-0.25, -0.2) is 4.79 Å². The van der Waals surface area contributed by atoms with E-state index in [4.69, 9.17) is 28.3 Å². The largest absolute Gasteiger partial charge is 0.481 e. The third kappa shape index (κ3) is 3.77. The Labute approximate surface area is 126 Å². The van der Waals surface area contributed by atoms with Crippen molar-refractivity contribution in [3.63, 3.8) is 0 Å². The molecule has 0 bridgehead atoms. The number of nitrogens with one attached hydrogen (secondary N) is 2. The smallest absolute Gasteiger partial charge is 0.319 e. The lowest BCUT2D eigenvalue weighted by atomic mass is 10.1. The number of aliphatic carboxylic acids is 1. The maximum absolute atomic E-state index is 11.8. The van der Waals surface area contributed by atoms with Crippen molar-refractivity contribution >= 4 is 40.9 Å². The van der Waals surface area contributed by atoms with E-state index in [0.717, 1.165) is 0 Å². The molecular formula is C13H14Cl2N2O3. The van der Waals surface area contributed by atoms with Gasteiger partial charge in [-0.1, -0.05) is 23.2 Å². The molecule has 3 N–H and O–H groups in total. The van der Waals surface area contributed by atoms with Gasteiger partial charge in [0.15, 0.2) is 0 Å². The Hall–Kier alpha value is -1.46. The Morgan fingerprint density at radius 3 is 2.60 bits per heavy atom. The van der Waals surface area contributed by atoms with E-state index in [2.05, 4.69) is 10.6 Å². The van der Waals surface area contributed by atoms with Gasteiger partial charge in [0.1, 0.15) is 0 Å². The van der Waals surface area contributed by atoms with Gasteiger partial charge in [-0.3, -0.25) is 4.79 Å². The van der Waals surface area contributed by atoms with Crippen LogP contribution in [0.2, 0.25) is 10.0 Å². The lowest BCUT2D eigenvalue weighted by molar-refractivity contribution is -0.141. The molecule has 7 heteroatoms. The van der Waals surface area contributed by atoms with Gasteiger partial charge in [0.05, 0.1) is 16.6 Å². The van der Waals surface area contributed by atoms with Gasteiger partial charge in [0, 0.05) is 11.1 Å². The molecule has 1 aliphatic carbocycles. The number of carbonyl (C=O) groups excluding carboxylic acids is 1. The highest BCUT2D eigenvalue weighted by Crippen LogP contribution is 2.27. The summed E-state index contributed by atoms with van der Waals surface area (Å²) >= 11 is 11.7. The van der Waals surface area contributed by atoms with Gasteiger partial charge >= 0.3 is 12.0 Å². The SMILES string of the molecule is O=C(Nc1ccc(Cl)cc1Cl)NC1CCC(C(=O)O)C1. The van der Waals surface area contributed by atoms with E-state index >= 15 is 0 Å². The first-order chi connectivity index (χ1) is 9.45.